The van der Waals surface area contributed by atoms with Crippen LogP contribution in [0.4, 0.5) is 0 Å². The topological polar surface area (TPSA) is 12.5 Å². The summed E-state index contributed by atoms with van der Waals surface area (Å²) in [7, 11) is 0. The van der Waals surface area contributed by atoms with E-state index in [2.05, 4.69) is 54.0 Å². The average molecular weight is 269 g/mol. The summed E-state index contributed by atoms with van der Waals surface area (Å²) in [5.74, 6) is 0.587. The molecule has 0 aliphatic carbocycles. The normalized spacial score (nSPS) is 26.3. The third-order valence-corrected chi connectivity index (χ3v) is 3.59. The highest BCUT2D eigenvalue weighted by Crippen LogP contribution is 2.34. The smallest absolute Gasteiger partial charge is 0.0847 e. The first-order valence-corrected chi connectivity index (χ1v) is 6.41. The maximum absolute atomic E-state index is 5.58. The molecule has 1 saturated heterocycles. The van der Waals surface area contributed by atoms with Crippen LogP contribution in [0, 0.1) is 0 Å². The van der Waals surface area contributed by atoms with Gasteiger partial charge in [-0.05, 0) is 36.5 Å². The van der Waals surface area contributed by atoms with Gasteiger partial charge in [-0.15, -0.1) is 0 Å². The zero-order valence-corrected chi connectivity index (χ0v) is 10.8. The fourth-order valence-corrected chi connectivity index (χ4v) is 2.46. The molecule has 0 saturated carbocycles. The minimum Gasteiger partial charge on any atom is -0.370 e. The number of hydrogen-bond donors (Lipinski definition) is 0. The predicted octanol–water partition coefficient (Wildman–Crippen LogP) is 4.12. The summed E-state index contributed by atoms with van der Waals surface area (Å²) in [5.41, 5.74) is 1.40. The van der Waals surface area contributed by atoms with Crippen molar-refractivity contribution in [1.29, 1.82) is 0 Å². The van der Waals surface area contributed by atoms with Gasteiger partial charge in [-0.25, -0.2) is 0 Å². The van der Waals surface area contributed by atoms with Crippen molar-refractivity contribution in [3.8, 4) is 0 Å². The van der Waals surface area contributed by atoms with Gasteiger partial charge < -0.3 is 4.74 Å². The highest BCUT2D eigenvalue weighted by molar-refractivity contribution is 9.10. The zero-order chi connectivity index (χ0) is 10.8. The Morgan fingerprint density at radius 2 is 2.20 bits per heavy atom. The molecular formula is C13H17BrO. The Morgan fingerprint density at radius 1 is 1.40 bits per heavy atom. The number of halogens is 1. The first-order chi connectivity index (χ1) is 7.20. The van der Waals surface area contributed by atoms with Gasteiger partial charge in [-0.2, -0.15) is 0 Å². The SMILES string of the molecule is CCC1OC1CC(C)c1cccc(Br)c1. The molecule has 0 N–H and O–H groups in total. The van der Waals surface area contributed by atoms with E-state index in [1.165, 1.54) is 5.56 Å². The second-order valence-corrected chi connectivity index (χ2v) is 5.23. The number of epoxide rings is 1. The predicted molar refractivity (Wildman–Crippen MR) is 66.1 cm³/mol. The molecule has 3 unspecified atom stereocenters. The van der Waals surface area contributed by atoms with Crippen LogP contribution in [0.15, 0.2) is 28.7 Å². The molecule has 0 amide bonds. The Balaban J connectivity index is 1.93. The summed E-state index contributed by atoms with van der Waals surface area (Å²) in [6, 6.07) is 8.56. The van der Waals surface area contributed by atoms with E-state index in [0.717, 1.165) is 17.3 Å². The van der Waals surface area contributed by atoms with Gasteiger partial charge >= 0.3 is 0 Å². The summed E-state index contributed by atoms with van der Waals surface area (Å²) < 4.78 is 6.74. The maximum atomic E-state index is 5.58. The standard InChI is InChI=1S/C13H17BrO/c1-3-12-13(15-12)7-9(2)10-5-4-6-11(14)8-10/h4-6,8-9,12-13H,3,7H2,1-2H3. The van der Waals surface area contributed by atoms with E-state index < -0.39 is 0 Å². The molecule has 2 heteroatoms. The maximum Gasteiger partial charge on any atom is 0.0847 e. The molecule has 15 heavy (non-hydrogen) atoms. The van der Waals surface area contributed by atoms with Crippen LogP contribution < -0.4 is 0 Å². The summed E-state index contributed by atoms with van der Waals surface area (Å²) in [5, 5.41) is 0. The van der Waals surface area contributed by atoms with Crippen molar-refractivity contribution in [2.75, 3.05) is 0 Å². The van der Waals surface area contributed by atoms with E-state index in [1.807, 2.05) is 0 Å². The van der Waals surface area contributed by atoms with Crippen molar-refractivity contribution in [2.45, 2.75) is 44.8 Å². The quantitative estimate of drug-likeness (QED) is 0.749. The number of hydrogen-bond acceptors (Lipinski definition) is 1. The molecule has 1 aromatic carbocycles. The van der Waals surface area contributed by atoms with Gasteiger partial charge in [0.05, 0.1) is 12.2 Å². The van der Waals surface area contributed by atoms with Crippen LogP contribution in [-0.2, 0) is 4.74 Å². The lowest BCUT2D eigenvalue weighted by Crippen LogP contribution is -2.00. The van der Waals surface area contributed by atoms with Crippen LogP contribution in [0.2, 0.25) is 0 Å². The van der Waals surface area contributed by atoms with E-state index in [4.69, 9.17) is 4.74 Å². The molecule has 0 spiro atoms. The van der Waals surface area contributed by atoms with Crippen molar-refractivity contribution in [1.82, 2.24) is 0 Å². The summed E-state index contributed by atoms with van der Waals surface area (Å²) in [6.07, 6.45) is 3.33. The molecule has 1 aromatic rings. The first-order valence-electron chi connectivity index (χ1n) is 5.61. The van der Waals surface area contributed by atoms with Crippen molar-refractivity contribution >= 4 is 15.9 Å². The zero-order valence-electron chi connectivity index (χ0n) is 9.24. The van der Waals surface area contributed by atoms with Gasteiger partial charge in [-0.1, -0.05) is 41.9 Å². The molecule has 1 nitrogen and oxygen atoms in total. The van der Waals surface area contributed by atoms with E-state index in [9.17, 15) is 0 Å². The average Bonchev–Trinajstić information content (AvgIpc) is 2.96. The Labute approximate surface area is 100.0 Å². The molecule has 1 aliphatic heterocycles. The second-order valence-electron chi connectivity index (χ2n) is 4.31. The Morgan fingerprint density at radius 3 is 2.80 bits per heavy atom. The molecule has 2 rings (SSSR count). The summed E-state index contributed by atoms with van der Waals surface area (Å²) >= 11 is 3.51. The van der Waals surface area contributed by atoms with Crippen molar-refractivity contribution in [2.24, 2.45) is 0 Å². The van der Waals surface area contributed by atoms with Gasteiger partial charge in [-0.3, -0.25) is 0 Å². The third kappa shape index (κ3) is 2.82. The van der Waals surface area contributed by atoms with E-state index in [0.29, 0.717) is 18.1 Å². The molecule has 3 atom stereocenters. The van der Waals surface area contributed by atoms with Crippen molar-refractivity contribution in [3.63, 3.8) is 0 Å². The minimum atomic E-state index is 0.504. The first kappa shape index (κ1) is 11.2. The molecule has 1 fully saturated rings. The number of benzene rings is 1. The molecule has 1 aliphatic rings. The van der Waals surface area contributed by atoms with Gasteiger partial charge in [0.25, 0.3) is 0 Å². The van der Waals surface area contributed by atoms with Crippen LogP contribution >= 0.6 is 15.9 Å². The Bertz CT molecular complexity index is 337. The van der Waals surface area contributed by atoms with Crippen LogP contribution in [-0.4, -0.2) is 12.2 Å². The van der Waals surface area contributed by atoms with E-state index >= 15 is 0 Å². The largest absolute Gasteiger partial charge is 0.370 e. The van der Waals surface area contributed by atoms with Crippen molar-refractivity contribution in [3.05, 3.63) is 34.3 Å². The minimum absolute atomic E-state index is 0.504. The lowest BCUT2D eigenvalue weighted by Gasteiger charge is -2.10. The van der Waals surface area contributed by atoms with Crippen molar-refractivity contribution < 1.29 is 4.74 Å². The van der Waals surface area contributed by atoms with Crippen LogP contribution in [0.3, 0.4) is 0 Å². The van der Waals surface area contributed by atoms with Crippen LogP contribution in [0.5, 0.6) is 0 Å². The molecule has 0 aromatic heterocycles. The van der Waals surface area contributed by atoms with Crippen LogP contribution in [0.1, 0.15) is 38.2 Å². The summed E-state index contributed by atoms with van der Waals surface area (Å²) in [6.45, 7) is 4.46. The van der Waals surface area contributed by atoms with Crippen LogP contribution in [0.25, 0.3) is 0 Å². The Hall–Kier alpha value is -0.340. The molecule has 0 bridgehead atoms. The molecule has 1 heterocycles. The van der Waals surface area contributed by atoms with Gasteiger partial charge in [0.2, 0.25) is 0 Å². The highest BCUT2D eigenvalue weighted by atomic mass is 79.9. The monoisotopic (exact) mass is 268 g/mol. The fourth-order valence-electron chi connectivity index (χ4n) is 2.04. The highest BCUT2D eigenvalue weighted by Gasteiger charge is 2.37. The second kappa shape index (κ2) is 4.67. The Kier molecular flexibility index (Phi) is 3.47. The molecular weight excluding hydrogens is 252 g/mol. The fraction of sp³-hybridized carbons (Fsp3) is 0.538. The van der Waals surface area contributed by atoms with Gasteiger partial charge in [0.1, 0.15) is 0 Å². The molecule has 0 radical (unpaired) electrons. The van der Waals surface area contributed by atoms with E-state index in [-0.39, 0.29) is 0 Å². The lowest BCUT2D eigenvalue weighted by atomic mass is 9.95. The summed E-state index contributed by atoms with van der Waals surface area (Å²) in [4.78, 5) is 0. The molecule has 82 valence electrons. The van der Waals surface area contributed by atoms with Gasteiger partial charge in [0, 0.05) is 4.47 Å². The number of ether oxygens (including phenoxy) is 1. The van der Waals surface area contributed by atoms with Gasteiger partial charge in [0.15, 0.2) is 0 Å². The third-order valence-electron chi connectivity index (χ3n) is 3.09. The number of rotatable bonds is 4. The van der Waals surface area contributed by atoms with E-state index in [1.54, 1.807) is 0 Å². The lowest BCUT2D eigenvalue weighted by molar-refractivity contribution is 0.353.